The van der Waals surface area contributed by atoms with Gasteiger partial charge in [-0.3, -0.25) is 9.59 Å². The van der Waals surface area contributed by atoms with E-state index in [1.54, 1.807) is 0 Å². The first-order valence-electron chi connectivity index (χ1n) is 11.7. The second kappa shape index (κ2) is 14.1. The summed E-state index contributed by atoms with van der Waals surface area (Å²) < 4.78 is 11.2. The first-order chi connectivity index (χ1) is 13.8. The third-order valence-electron chi connectivity index (χ3n) is 5.77. The molecule has 0 spiro atoms. The van der Waals surface area contributed by atoms with Crippen molar-refractivity contribution in [1.29, 1.82) is 0 Å². The van der Waals surface area contributed by atoms with Crippen LogP contribution >= 0.6 is 0 Å². The third kappa shape index (κ3) is 11.7. The highest BCUT2D eigenvalue weighted by atomic mass is 28.4. The molecule has 3 atom stereocenters. The molecule has 0 aromatic rings. The molecule has 0 bridgehead atoms. The van der Waals surface area contributed by atoms with Gasteiger partial charge in [0.1, 0.15) is 0 Å². The van der Waals surface area contributed by atoms with E-state index >= 15 is 0 Å². The second-order valence-corrected chi connectivity index (χ2v) is 13.9. The van der Waals surface area contributed by atoms with Crippen LogP contribution in [0, 0.1) is 11.8 Å². The number of esters is 1. The van der Waals surface area contributed by atoms with Gasteiger partial charge >= 0.3 is 5.97 Å². The number of allylic oxidation sites excluding steroid dienone is 2. The van der Waals surface area contributed by atoms with Crippen LogP contribution in [0.15, 0.2) is 12.2 Å². The van der Waals surface area contributed by atoms with Gasteiger partial charge in [0.2, 0.25) is 0 Å². The Kier molecular flexibility index (Phi) is 12.7. The third-order valence-corrected chi connectivity index (χ3v) is 6.78. The minimum Gasteiger partial charge on any atom is -0.469 e. The number of carbonyl (C=O) groups excluding carboxylic acids is 2. The molecule has 29 heavy (non-hydrogen) atoms. The summed E-state index contributed by atoms with van der Waals surface area (Å²) in [4.78, 5) is 23.4. The Morgan fingerprint density at radius 2 is 1.66 bits per heavy atom. The van der Waals surface area contributed by atoms with Crippen molar-refractivity contribution >= 4 is 20.1 Å². The van der Waals surface area contributed by atoms with E-state index in [4.69, 9.17) is 9.16 Å². The lowest BCUT2D eigenvalue weighted by atomic mass is 9.88. The summed E-state index contributed by atoms with van der Waals surface area (Å²) in [7, 11) is -0.132. The summed E-state index contributed by atoms with van der Waals surface area (Å²) in [6.07, 6.45) is 16.5. The Balaban J connectivity index is 2.53. The van der Waals surface area contributed by atoms with Crippen LogP contribution in [0.25, 0.3) is 0 Å². The zero-order chi connectivity index (χ0) is 21.7. The number of hydrogen-bond donors (Lipinski definition) is 0. The van der Waals surface area contributed by atoms with E-state index in [9.17, 15) is 9.59 Å². The molecule has 168 valence electrons. The molecule has 0 heterocycles. The van der Waals surface area contributed by atoms with Crippen LogP contribution in [-0.4, -0.2) is 33.3 Å². The lowest BCUT2D eigenvalue weighted by Crippen LogP contribution is -2.35. The first kappa shape index (κ1) is 26.1. The number of rotatable bonds is 15. The normalized spacial score (nSPS) is 22.3. The number of unbranched alkanes of at least 4 members (excludes halogenated alkanes) is 5. The Labute approximate surface area is 179 Å². The SMILES string of the molecule is CCCCCC(=O)C=CC1CCC(O[Si](C)(C)C)C1CCCCCCC(=O)OC. The molecule has 1 saturated carbocycles. The molecule has 5 heteroatoms. The van der Waals surface area contributed by atoms with E-state index in [0.29, 0.717) is 30.8 Å². The van der Waals surface area contributed by atoms with E-state index in [1.165, 1.54) is 7.11 Å². The van der Waals surface area contributed by atoms with Gasteiger partial charge in [0, 0.05) is 18.9 Å². The van der Waals surface area contributed by atoms with E-state index in [2.05, 4.69) is 32.6 Å². The zero-order valence-corrected chi connectivity index (χ0v) is 20.5. The highest BCUT2D eigenvalue weighted by molar-refractivity contribution is 6.69. The smallest absolute Gasteiger partial charge is 0.305 e. The van der Waals surface area contributed by atoms with Crippen molar-refractivity contribution in [3.8, 4) is 0 Å². The summed E-state index contributed by atoms with van der Waals surface area (Å²) in [5, 5.41) is 0. The minimum absolute atomic E-state index is 0.113. The van der Waals surface area contributed by atoms with Crippen LogP contribution in [0.4, 0.5) is 0 Å². The fourth-order valence-corrected chi connectivity index (χ4v) is 5.47. The lowest BCUT2D eigenvalue weighted by Gasteiger charge is -2.29. The summed E-state index contributed by atoms with van der Waals surface area (Å²) in [6.45, 7) is 8.95. The van der Waals surface area contributed by atoms with Gasteiger partial charge in [0.25, 0.3) is 0 Å². The Morgan fingerprint density at radius 3 is 2.31 bits per heavy atom. The van der Waals surface area contributed by atoms with Crippen molar-refractivity contribution in [3.63, 3.8) is 0 Å². The number of ether oxygens (including phenoxy) is 1. The molecule has 0 N–H and O–H groups in total. The number of hydrogen-bond acceptors (Lipinski definition) is 4. The number of methoxy groups -OCH3 is 1. The van der Waals surface area contributed by atoms with Gasteiger partial charge in [0.05, 0.1) is 7.11 Å². The molecule has 0 radical (unpaired) electrons. The van der Waals surface area contributed by atoms with E-state index in [0.717, 1.165) is 64.2 Å². The largest absolute Gasteiger partial charge is 0.469 e. The van der Waals surface area contributed by atoms with Gasteiger partial charge in [-0.25, -0.2) is 0 Å². The monoisotopic (exact) mass is 424 g/mol. The summed E-state index contributed by atoms with van der Waals surface area (Å²) in [5.74, 6) is 1.14. The predicted octanol–water partition coefficient (Wildman–Crippen LogP) is 6.45. The van der Waals surface area contributed by atoms with E-state index < -0.39 is 8.32 Å². The average Bonchev–Trinajstić information content (AvgIpc) is 3.02. The quantitative estimate of drug-likeness (QED) is 0.131. The van der Waals surface area contributed by atoms with Crippen molar-refractivity contribution in [2.75, 3.05) is 7.11 Å². The van der Waals surface area contributed by atoms with Crippen LogP contribution in [0.5, 0.6) is 0 Å². The zero-order valence-electron chi connectivity index (χ0n) is 19.5. The Bertz CT molecular complexity index is 510. The molecular formula is C24H44O4Si. The van der Waals surface area contributed by atoms with Gasteiger partial charge in [-0.05, 0) is 69.7 Å². The van der Waals surface area contributed by atoms with Crippen molar-refractivity contribution in [2.45, 2.75) is 110 Å². The molecule has 1 fully saturated rings. The van der Waals surface area contributed by atoms with Crippen LogP contribution in [-0.2, 0) is 18.8 Å². The molecule has 1 aliphatic carbocycles. The van der Waals surface area contributed by atoms with E-state index in [1.807, 2.05) is 6.08 Å². The fraction of sp³-hybridized carbons (Fsp3) is 0.833. The molecule has 0 aromatic heterocycles. The molecule has 4 nitrogen and oxygen atoms in total. The van der Waals surface area contributed by atoms with Crippen LogP contribution < -0.4 is 0 Å². The summed E-state index contributed by atoms with van der Waals surface area (Å²) in [5.41, 5.74) is 0. The number of ketones is 1. The summed E-state index contributed by atoms with van der Waals surface area (Å²) >= 11 is 0. The fourth-order valence-electron chi connectivity index (χ4n) is 4.27. The van der Waals surface area contributed by atoms with Gasteiger partial charge < -0.3 is 9.16 Å². The number of carbonyl (C=O) groups is 2. The molecular weight excluding hydrogens is 380 g/mol. The summed E-state index contributed by atoms with van der Waals surface area (Å²) in [6, 6.07) is 0. The molecule has 1 aliphatic rings. The topological polar surface area (TPSA) is 52.6 Å². The molecule has 3 unspecified atom stereocenters. The molecule has 0 saturated heterocycles. The molecule has 1 rings (SSSR count). The van der Waals surface area contributed by atoms with Crippen molar-refractivity contribution in [3.05, 3.63) is 12.2 Å². The Hall–Kier alpha value is -0.943. The van der Waals surface area contributed by atoms with Crippen molar-refractivity contribution in [1.82, 2.24) is 0 Å². The van der Waals surface area contributed by atoms with Gasteiger partial charge in [-0.15, -0.1) is 0 Å². The van der Waals surface area contributed by atoms with Crippen molar-refractivity contribution < 1.29 is 18.8 Å². The maximum absolute atomic E-state index is 12.2. The predicted molar refractivity (Wildman–Crippen MR) is 122 cm³/mol. The van der Waals surface area contributed by atoms with Crippen LogP contribution in [0.2, 0.25) is 19.6 Å². The van der Waals surface area contributed by atoms with Crippen molar-refractivity contribution in [2.24, 2.45) is 11.8 Å². The van der Waals surface area contributed by atoms with E-state index in [-0.39, 0.29) is 11.8 Å². The molecule has 0 amide bonds. The Morgan fingerprint density at radius 1 is 0.966 bits per heavy atom. The van der Waals surface area contributed by atoms with Crippen LogP contribution in [0.1, 0.15) is 84.0 Å². The first-order valence-corrected chi connectivity index (χ1v) is 15.1. The van der Waals surface area contributed by atoms with Crippen LogP contribution in [0.3, 0.4) is 0 Å². The van der Waals surface area contributed by atoms with Gasteiger partial charge in [0.15, 0.2) is 14.1 Å². The molecule has 0 aliphatic heterocycles. The lowest BCUT2D eigenvalue weighted by molar-refractivity contribution is -0.140. The molecule has 0 aromatic carbocycles. The van der Waals surface area contributed by atoms with Gasteiger partial charge in [-0.2, -0.15) is 0 Å². The highest BCUT2D eigenvalue weighted by Crippen LogP contribution is 2.39. The second-order valence-electron chi connectivity index (χ2n) is 9.49. The van der Waals surface area contributed by atoms with Gasteiger partial charge in [-0.1, -0.05) is 45.1 Å². The maximum atomic E-state index is 12.2. The highest BCUT2D eigenvalue weighted by Gasteiger charge is 2.37. The minimum atomic E-state index is -1.58. The maximum Gasteiger partial charge on any atom is 0.305 e. The standard InChI is InChI=1S/C24H44O4Si/c1-6-7-10-13-21(25)18-16-20-17-19-23(28-29(3,4)5)22(20)14-11-8-9-12-15-24(26)27-2/h16,18,20,22-23H,6-15,17,19H2,1-5H3. The average molecular weight is 425 g/mol.